The normalized spacial score (nSPS) is 41.1. The van der Waals surface area contributed by atoms with Crippen LogP contribution in [-0.4, -0.2) is 11.0 Å². The van der Waals surface area contributed by atoms with Crippen LogP contribution in [0.25, 0.3) is 0 Å². The molecule has 10 heavy (non-hydrogen) atoms. The second-order valence-electron chi connectivity index (χ2n) is 3.06. The molecule has 0 aromatic carbocycles. The lowest BCUT2D eigenvalue weighted by Crippen LogP contribution is -2.46. The molecule has 1 aliphatic carbocycles. The van der Waals surface area contributed by atoms with Crippen LogP contribution < -0.4 is 0 Å². The number of hydrogen-bond donors (Lipinski definition) is 0. The molecule has 1 fully saturated rings. The largest absolute Gasteiger partial charge is 0.394 e. The highest BCUT2D eigenvalue weighted by Gasteiger charge is 2.57. The number of alkyl halides is 4. The standard InChI is InChI=1S/C6H8BrF3/c1-5(6(8,9)10)2-4(7)3-5/h4H,2-3H2,1H3. The van der Waals surface area contributed by atoms with Gasteiger partial charge in [-0.1, -0.05) is 22.9 Å². The van der Waals surface area contributed by atoms with Crippen molar-refractivity contribution < 1.29 is 13.2 Å². The average Bonchev–Trinajstić information content (AvgIpc) is 1.58. The lowest BCUT2D eigenvalue weighted by atomic mass is 9.70. The Bertz CT molecular complexity index is 134. The van der Waals surface area contributed by atoms with Gasteiger partial charge in [0.1, 0.15) is 0 Å². The lowest BCUT2D eigenvalue weighted by molar-refractivity contribution is -0.240. The second-order valence-corrected chi connectivity index (χ2v) is 4.36. The Morgan fingerprint density at radius 2 is 1.80 bits per heavy atom. The van der Waals surface area contributed by atoms with E-state index in [9.17, 15) is 13.2 Å². The first kappa shape index (κ1) is 8.37. The molecule has 0 unspecified atom stereocenters. The molecule has 0 nitrogen and oxygen atoms in total. The Hall–Kier alpha value is 0.270. The summed E-state index contributed by atoms with van der Waals surface area (Å²) in [5, 5.41) is 0. The molecule has 0 heterocycles. The van der Waals surface area contributed by atoms with Gasteiger partial charge < -0.3 is 0 Å². The van der Waals surface area contributed by atoms with Crippen molar-refractivity contribution in [2.24, 2.45) is 5.41 Å². The Kier molecular flexibility index (Phi) is 1.78. The zero-order valence-corrected chi connectivity index (χ0v) is 7.09. The Morgan fingerprint density at radius 3 is 1.90 bits per heavy atom. The molecule has 0 aliphatic heterocycles. The zero-order valence-electron chi connectivity index (χ0n) is 5.50. The molecule has 0 N–H and O–H groups in total. The molecule has 0 atom stereocenters. The van der Waals surface area contributed by atoms with Crippen molar-refractivity contribution in [3.8, 4) is 0 Å². The van der Waals surface area contributed by atoms with Crippen LogP contribution in [0.15, 0.2) is 0 Å². The van der Waals surface area contributed by atoms with Crippen LogP contribution in [0, 0.1) is 5.41 Å². The van der Waals surface area contributed by atoms with Gasteiger partial charge in [-0.2, -0.15) is 13.2 Å². The van der Waals surface area contributed by atoms with Crippen LogP contribution in [0.3, 0.4) is 0 Å². The van der Waals surface area contributed by atoms with Gasteiger partial charge in [0.2, 0.25) is 0 Å². The van der Waals surface area contributed by atoms with Gasteiger partial charge in [0.15, 0.2) is 0 Å². The van der Waals surface area contributed by atoms with E-state index in [1.165, 1.54) is 6.92 Å². The van der Waals surface area contributed by atoms with E-state index in [0.717, 1.165) is 0 Å². The van der Waals surface area contributed by atoms with Crippen molar-refractivity contribution in [2.45, 2.75) is 30.8 Å². The molecule has 1 aliphatic rings. The van der Waals surface area contributed by atoms with Crippen molar-refractivity contribution in [3.05, 3.63) is 0 Å². The van der Waals surface area contributed by atoms with E-state index in [-0.39, 0.29) is 17.7 Å². The molecular weight excluding hydrogens is 209 g/mol. The van der Waals surface area contributed by atoms with Gasteiger partial charge >= 0.3 is 6.18 Å². The molecule has 0 amide bonds. The predicted molar refractivity (Wildman–Crippen MR) is 36.1 cm³/mol. The number of hydrogen-bond acceptors (Lipinski definition) is 0. The maximum absolute atomic E-state index is 12.0. The van der Waals surface area contributed by atoms with Gasteiger partial charge in [0.05, 0.1) is 5.41 Å². The molecule has 0 radical (unpaired) electrons. The van der Waals surface area contributed by atoms with Gasteiger partial charge in [-0.25, -0.2) is 0 Å². The van der Waals surface area contributed by atoms with Gasteiger partial charge in [-0.3, -0.25) is 0 Å². The number of halogens is 4. The topological polar surface area (TPSA) is 0 Å². The molecular formula is C6H8BrF3. The van der Waals surface area contributed by atoms with E-state index in [1.54, 1.807) is 0 Å². The molecule has 0 aromatic heterocycles. The average molecular weight is 217 g/mol. The summed E-state index contributed by atoms with van der Waals surface area (Å²) in [5.41, 5.74) is -1.42. The lowest BCUT2D eigenvalue weighted by Gasteiger charge is -2.43. The van der Waals surface area contributed by atoms with Crippen molar-refractivity contribution in [3.63, 3.8) is 0 Å². The summed E-state index contributed by atoms with van der Waals surface area (Å²) >= 11 is 3.13. The third-order valence-electron chi connectivity index (χ3n) is 2.03. The van der Waals surface area contributed by atoms with Gasteiger partial charge in [0, 0.05) is 4.83 Å². The van der Waals surface area contributed by atoms with Gasteiger partial charge in [-0.15, -0.1) is 0 Å². The molecule has 0 spiro atoms. The quantitative estimate of drug-likeness (QED) is 0.547. The van der Waals surface area contributed by atoms with E-state index in [1.807, 2.05) is 0 Å². The van der Waals surface area contributed by atoms with Crippen LogP contribution in [-0.2, 0) is 0 Å². The number of rotatable bonds is 0. The van der Waals surface area contributed by atoms with Crippen molar-refractivity contribution in [2.75, 3.05) is 0 Å². The molecule has 1 rings (SSSR count). The van der Waals surface area contributed by atoms with Gasteiger partial charge in [0.25, 0.3) is 0 Å². The van der Waals surface area contributed by atoms with Crippen molar-refractivity contribution in [1.82, 2.24) is 0 Å². The highest BCUT2D eigenvalue weighted by atomic mass is 79.9. The molecule has 0 aromatic rings. The minimum Gasteiger partial charge on any atom is -0.171 e. The highest BCUT2D eigenvalue weighted by molar-refractivity contribution is 9.09. The predicted octanol–water partition coefficient (Wildman–Crippen LogP) is 3.11. The summed E-state index contributed by atoms with van der Waals surface area (Å²) in [4.78, 5) is 0.0686. The van der Waals surface area contributed by atoms with E-state index in [0.29, 0.717) is 0 Å². The van der Waals surface area contributed by atoms with Crippen LogP contribution in [0.5, 0.6) is 0 Å². The van der Waals surface area contributed by atoms with E-state index >= 15 is 0 Å². The summed E-state index contributed by atoms with van der Waals surface area (Å²) < 4.78 is 36.1. The van der Waals surface area contributed by atoms with Crippen LogP contribution in [0.2, 0.25) is 0 Å². The summed E-state index contributed by atoms with van der Waals surface area (Å²) in [6.07, 6.45) is -3.58. The van der Waals surface area contributed by atoms with Crippen LogP contribution in [0.1, 0.15) is 19.8 Å². The SMILES string of the molecule is CC1(C(F)(F)F)CC(Br)C1. The summed E-state index contributed by atoms with van der Waals surface area (Å²) in [6, 6.07) is 0. The summed E-state index contributed by atoms with van der Waals surface area (Å²) in [6.45, 7) is 1.27. The zero-order chi connectivity index (χ0) is 7.99. The fourth-order valence-corrected chi connectivity index (χ4v) is 2.58. The fraction of sp³-hybridized carbons (Fsp3) is 1.00. The fourth-order valence-electron chi connectivity index (χ4n) is 1.15. The smallest absolute Gasteiger partial charge is 0.171 e. The maximum Gasteiger partial charge on any atom is 0.394 e. The van der Waals surface area contributed by atoms with Gasteiger partial charge in [-0.05, 0) is 12.8 Å². The molecule has 4 heteroatoms. The van der Waals surface area contributed by atoms with Crippen molar-refractivity contribution in [1.29, 1.82) is 0 Å². The molecule has 0 saturated heterocycles. The molecule has 1 saturated carbocycles. The first-order valence-corrected chi connectivity index (χ1v) is 3.97. The van der Waals surface area contributed by atoms with E-state index in [2.05, 4.69) is 15.9 Å². The van der Waals surface area contributed by atoms with Crippen LogP contribution >= 0.6 is 15.9 Å². The first-order valence-electron chi connectivity index (χ1n) is 3.06. The third-order valence-corrected chi connectivity index (χ3v) is 2.68. The Balaban J connectivity index is 2.57. The summed E-state index contributed by atoms with van der Waals surface area (Å²) in [7, 11) is 0. The summed E-state index contributed by atoms with van der Waals surface area (Å²) in [5.74, 6) is 0. The van der Waals surface area contributed by atoms with E-state index < -0.39 is 11.6 Å². The monoisotopic (exact) mass is 216 g/mol. The minimum atomic E-state index is -4.02. The molecule has 0 bridgehead atoms. The van der Waals surface area contributed by atoms with Crippen molar-refractivity contribution >= 4 is 15.9 Å². The minimum absolute atomic E-state index is 0.0686. The third kappa shape index (κ3) is 1.18. The highest BCUT2D eigenvalue weighted by Crippen LogP contribution is 2.54. The second kappa shape index (κ2) is 2.13. The molecule has 60 valence electrons. The Labute approximate surface area is 65.9 Å². The first-order chi connectivity index (χ1) is 4.35. The maximum atomic E-state index is 12.0. The van der Waals surface area contributed by atoms with Crippen LogP contribution in [0.4, 0.5) is 13.2 Å². The Morgan fingerprint density at radius 1 is 1.40 bits per heavy atom. The van der Waals surface area contributed by atoms with E-state index in [4.69, 9.17) is 0 Å².